The van der Waals surface area contributed by atoms with Gasteiger partial charge in [0.2, 0.25) is 0 Å². The standard InChI is InChI=1S/C17H19FO/c1-2-3-6-13-19-15-11-9-14(10-12-15)16-7-4-5-8-17(16)18/h4-5,7-12H,2-3,6,13H2,1H3. The van der Waals surface area contributed by atoms with Gasteiger partial charge in [-0.1, -0.05) is 50.1 Å². The third-order valence-corrected chi connectivity index (χ3v) is 3.06. The van der Waals surface area contributed by atoms with Crippen LogP contribution in [0.5, 0.6) is 5.75 Å². The topological polar surface area (TPSA) is 9.23 Å². The lowest BCUT2D eigenvalue weighted by molar-refractivity contribution is 0.306. The van der Waals surface area contributed by atoms with Gasteiger partial charge in [0.05, 0.1) is 6.61 Å². The van der Waals surface area contributed by atoms with E-state index in [4.69, 9.17) is 4.74 Å². The van der Waals surface area contributed by atoms with Crippen molar-refractivity contribution < 1.29 is 9.13 Å². The van der Waals surface area contributed by atoms with Crippen molar-refractivity contribution in [1.82, 2.24) is 0 Å². The summed E-state index contributed by atoms with van der Waals surface area (Å²) >= 11 is 0. The van der Waals surface area contributed by atoms with Crippen LogP contribution in [0.3, 0.4) is 0 Å². The van der Waals surface area contributed by atoms with E-state index in [9.17, 15) is 4.39 Å². The van der Waals surface area contributed by atoms with Crippen LogP contribution in [0, 0.1) is 5.82 Å². The van der Waals surface area contributed by atoms with E-state index in [1.807, 2.05) is 30.3 Å². The van der Waals surface area contributed by atoms with Crippen molar-refractivity contribution in [2.75, 3.05) is 6.61 Å². The Morgan fingerprint density at radius 2 is 1.68 bits per heavy atom. The number of unbranched alkanes of at least 4 members (excludes halogenated alkanes) is 2. The van der Waals surface area contributed by atoms with E-state index in [-0.39, 0.29) is 5.82 Å². The molecule has 2 aromatic rings. The second kappa shape index (κ2) is 6.93. The largest absolute Gasteiger partial charge is 0.494 e. The number of hydrogen-bond acceptors (Lipinski definition) is 1. The van der Waals surface area contributed by atoms with E-state index >= 15 is 0 Å². The molecule has 0 radical (unpaired) electrons. The smallest absolute Gasteiger partial charge is 0.131 e. The van der Waals surface area contributed by atoms with Gasteiger partial charge in [-0.15, -0.1) is 0 Å². The molecule has 1 nitrogen and oxygen atoms in total. The molecule has 0 unspecified atom stereocenters. The first-order valence-corrected chi connectivity index (χ1v) is 6.79. The zero-order valence-electron chi connectivity index (χ0n) is 11.2. The Balaban J connectivity index is 2.01. The van der Waals surface area contributed by atoms with Crippen LogP contribution in [-0.4, -0.2) is 6.61 Å². The zero-order chi connectivity index (χ0) is 13.5. The molecule has 0 bridgehead atoms. The van der Waals surface area contributed by atoms with Crippen LogP contribution in [0.1, 0.15) is 26.2 Å². The highest BCUT2D eigenvalue weighted by Crippen LogP contribution is 2.24. The Morgan fingerprint density at radius 3 is 2.37 bits per heavy atom. The van der Waals surface area contributed by atoms with E-state index in [0.717, 1.165) is 24.3 Å². The van der Waals surface area contributed by atoms with E-state index in [1.165, 1.54) is 18.9 Å². The predicted molar refractivity (Wildman–Crippen MR) is 76.9 cm³/mol. The van der Waals surface area contributed by atoms with Crippen molar-refractivity contribution in [2.24, 2.45) is 0 Å². The summed E-state index contributed by atoms with van der Waals surface area (Å²) in [6, 6.07) is 14.4. The average molecular weight is 258 g/mol. The maximum absolute atomic E-state index is 13.6. The normalized spacial score (nSPS) is 10.4. The molecule has 0 N–H and O–H groups in total. The van der Waals surface area contributed by atoms with Gasteiger partial charge in [0.1, 0.15) is 11.6 Å². The molecular weight excluding hydrogens is 239 g/mol. The molecule has 0 aliphatic heterocycles. The van der Waals surface area contributed by atoms with Crippen molar-refractivity contribution in [3.8, 4) is 16.9 Å². The van der Waals surface area contributed by atoms with E-state index in [2.05, 4.69) is 6.92 Å². The van der Waals surface area contributed by atoms with Crippen LogP contribution in [0.2, 0.25) is 0 Å². The lowest BCUT2D eigenvalue weighted by Gasteiger charge is -2.07. The van der Waals surface area contributed by atoms with Gasteiger partial charge in [-0.2, -0.15) is 0 Å². The van der Waals surface area contributed by atoms with Gasteiger partial charge in [-0.3, -0.25) is 0 Å². The summed E-state index contributed by atoms with van der Waals surface area (Å²) in [5.74, 6) is 0.648. The minimum atomic E-state index is -0.195. The first-order valence-electron chi connectivity index (χ1n) is 6.79. The van der Waals surface area contributed by atoms with Crippen LogP contribution >= 0.6 is 0 Å². The minimum Gasteiger partial charge on any atom is -0.494 e. The van der Waals surface area contributed by atoms with Crippen molar-refractivity contribution in [3.63, 3.8) is 0 Å². The Morgan fingerprint density at radius 1 is 0.947 bits per heavy atom. The molecule has 0 aliphatic carbocycles. The summed E-state index contributed by atoms with van der Waals surface area (Å²) in [6.07, 6.45) is 3.45. The lowest BCUT2D eigenvalue weighted by Crippen LogP contribution is -1.96. The van der Waals surface area contributed by atoms with Gasteiger partial charge in [0.15, 0.2) is 0 Å². The summed E-state index contributed by atoms with van der Waals surface area (Å²) < 4.78 is 19.3. The highest BCUT2D eigenvalue weighted by molar-refractivity contribution is 5.64. The number of rotatable bonds is 6. The minimum absolute atomic E-state index is 0.195. The van der Waals surface area contributed by atoms with Crippen molar-refractivity contribution in [2.45, 2.75) is 26.2 Å². The number of ether oxygens (including phenoxy) is 1. The van der Waals surface area contributed by atoms with Crippen molar-refractivity contribution >= 4 is 0 Å². The number of halogens is 1. The highest BCUT2D eigenvalue weighted by Gasteiger charge is 2.03. The van der Waals surface area contributed by atoms with Crippen LogP contribution < -0.4 is 4.74 Å². The third-order valence-electron chi connectivity index (χ3n) is 3.06. The molecule has 0 saturated heterocycles. The average Bonchev–Trinajstić information content (AvgIpc) is 2.45. The summed E-state index contributed by atoms with van der Waals surface area (Å²) in [6.45, 7) is 2.91. The molecule has 0 saturated carbocycles. The number of benzene rings is 2. The Bertz CT molecular complexity index is 505. The molecule has 0 fully saturated rings. The van der Waals surface area contributed by atoms with Crippen LogP contribution in [0.15, 0.2) is 48.5 Å². The molecule has 2 aromatic carbocycles. The summed E-state index contributed by atoms with van der Waals surface area (Å²) in [4.78, 5) is 0. The van der Waals surface area contributed by atoms with Gasteiger partial charge >= 0.3 is 0 Å². The molecule has 2 heteroatoms. The first-order chi connectivity index (χ1) is 9.31. The molecule has 19 heavy (non-hydrogen) atoms. The van der Waals surface area contributed by atoms with Gasteiger partial charge < -0.3 is 4.74 Å². The number of hydrogen-bond donors (Lipinski definition) is 0. The Kier molecular flexibility index (Phi) is 4.96. The van der Waals surface area contributed by atoms with Crippen molar-refractivity contribution in [3.05, 3.63) is 54.3 Å². The molecule has 0 amide bonds. The van der Waals surface area contributed by atoms with Gasteiger partial charge in [-0.25, -0.2) is 4.39 Å². The molecule has 0 heterocycles. The second-order valence-electron chi connectivity index (χ2n) is 4.56. The highest BCUT2D eigenvalue weighted by atomic mass is 19.1. The zero-order valence-corrected chi connectivity index (χ0v) is 11.2. The molecule has 0 spiro atoms. The molecule has 0 aromatic heterocycles. The van der Waals surface area contributed by atoms with Crippen LogP contribution in [0.4, 0.5) is 4.39 Å². The summed E-state index contributed by atoms with van der Waals surface area (Å²) in [7, 11) is 0. The quantitative estimate of drug-likeness (QED) is 0.658. The van der Waals surface area contributed by atoms with Crippen molar-refractivity contribution in [1.29, 1.82) is 0 Å². The fourth-order valence-corrected chi connectivity index (χ4v) is 1.97. The lowest BCUT2D eigenvalue weighted by atomic mass is 10.1. The van der Waals surface area contributed by atoms with E-state index < -0.39 is 0 Å². The van der Waals surface area contributed by atoms with Gasteiger partial charge in [0.25, 0.3) is 0 Å². The SMILES string of the molecule is CCCCCOc1ccc(-c2ccccc2F)cc1. The molecular formula is C17H19FO. The third kappa shape index (κ3) is 3.82. The summed E-state index contributed by atoms with van der Waals surface area (Å²) in [5.41, 5.74) is 1.50. The fourth-order valence-electron chi connectivity index (χ4n) is 1.97. The van der Waals surface area contributed by atoms with E-state index in [0.29, 0.717) is 5.56 Å². The van der Waals surface area contributed by atoms with E-state index in [1.54, 1.807) is 12.1 Å². The van der Waals surface area contributed by atoms with Gasteiger partial charge in [0, 0.05) is 5.56 Å². The van der Waals surface area contributed by atoms with Crippen LogP contribution in [-0.2, 0) is 0 Å². The Labute approximate surface area is 114 Å². The molecule has 100 valence electrons. The molecule has 0 aliphatic rings. The second-order valence-corrected chi connectivity index (χ2v) is 4.56. The predicted octanol–water partition coefficient (Wildman–Crippen LogP) is 5.06. The fraction of sp³-hybridized carbons (Fsp3) is 0.294. The Hall–Kier alpha value is -1.83. The molecule has 0 atom stereocenters. The van der Waals surface area contributed by atoms with Crippen LogP contribution in [0.25, 0.3) is 11.1 Å². The van der Waals surface area contributed by atoms with Gasteiger partial charge in [-0.05, 0) is 30.2 Å². The summed E-state index contributed by atoms with van der Waals surface area (Å²) in [5, 5.41) is 0. The maximum Gasteiger partial charge on any atom is 0.131 e. The maximum atomic E-state index is 13.6. The monoisotopic (exact) mass is 258 g/mol. The first kappa shape index (κ1) is 13.6. The molecule has 2 rings (SSSR count).